The Morgan fingerprint density at radius 2 is 1.31 bits per heavy atom. The van der Waals surface area contributed by atoms with Crippen LogP contribution in [-0.2, 0) is 20.6 Å². The number of unbranched alkanes of at least 4 members (excludes halogenated alkanes) is 5. The molecule has 0 spiro atoms. The maximum absolute atomic E-state index is 12.3. The first kappa shape index (κ1) is 31.6. The molecule has 1 aliphatic rings. The smallest absolute Gasteiger partial charge is 0.407 e. The number of hydrogen-bond acceptors (Lipinski definition) is 5. The zero-order valence-corrected chi connectivity index (χ0v) is 25.2. The fraction of sp³-hybridized carbons (Fsp3) is 0.472. The van der Waals surface area contributed by atoms with Crippen molar-refractivity contribution in [3.05, 3.63) is 89.5 Å². The summed E-state index contributed by atoms with van der Waals surface area (Å²) < 4.78 is 22.6. The minimum Gasteiger partial charge on any atom is -0.491 e. The summed E-state index contributed by atoms with van der Waals surface area (Å²) in [4.78, 5) is 12.3. The number of benzene rings is 3. The first-order valence-electron chi connectivity index (χ1n) is 15.7. The number of nitrogens with one attached hydrogen (secondary N) is 1. The summed E-state index contributed by atoms with van der Waals surface area (Å²) in [5, 5.41) is 2.82. The van der Waals surface area contributed by atoms with Gasteiger partial charge in [-0.3, -0.25) is 0 Å². The maximum Gasteiger partial charge on any atom is 0.407 e. The second kappa shape index (κ2) is 18.2. The molecule has 0 radical (unpaired) electrons. The fourth-order valence-electron chi connectivity index (χ4n) is 5.42. The van der Waals surface area contributed by atoms with Crippen LogP contribution in [0.1, 0.15) is 74.5 Å². The van der Waals surface area contributed by atoms with E-state index in [-0.39, 0.29) is 5.92 Å². The average molecular weight is 574 g/mol. The Bertz CT molecular complexity index is 1150. The van der Waals surface area contributed by atoms with E-state index in [1.807, 2.05) is 36.4 Å². The van der Waals surface area contributed by atoms with Crippen molar-refractivity contribution >= 4 is 6.09 Å². The second-order valence-electron chi connectivity index (χ2n) is 10.8. The van der Waals surface area contributed by atoms with Gasteiger partial charge in [0, 0.05) is 19.1 Å². The lowest BCUT2D eigenvalue weighted by Gasteiger charge is -2.14. The van der Waals surface area contributed by atoms with Gasteiger partial charge in [-0.05, 0) is 59.2 Å². The summed E-state index contributed by atoms with van der Waals surface area (Å²) in [7, 11) is 0. The number of alkyl carbamates (subject to hydrolysis) is 1. The van der Waals surface area contributed by atoms with Gasteiger partial charge in [0.15, 0.2) is 0 Å². The van der Waals surface area contributed by atoms with E-state index < -0.39 is 6.09 Å². The minimum absolute atomic E-state index is 0.0668. The molecule has 6 nitrogen and oxygen atoms in total. The topological polar surface area (TPSA) is 66.0 Å². The lowest BCUT2D eigenvalue weighted by atomic mass is 9.98. The highest BCUT2D eigenvalue weighted by atomic mass is 16.6. The lowest BCUT2D eigenvalue weighted by Crippen LogP contribution is -2.27. The molecule has 0 bridgehead atoms. The Hall–Kier alpha value is -3.35. The van der Waals surface area contributed by atoms with Crippen LogP contribution in [0.25, 0.3) is 11.1 Å². The van der Waals surface area contributed by atoms with Crippen LogP contribution in [0.2, 0.25) is 0 Å². The van der Waals surface area contributed by atoms with E-state index in [9.17, 15) is 4.79 Å². The van der Waals surface area contributed by atoms with Gasteiger partial charge in [0.25, 0.3) is 0 Å². The van der Waals surface area contributed by atoms with Crippen LogP contribution in [0.5, 0.6) is 5.75 Å². The van der Waals surface area contributed by atoms with Crippen molar-refractivity contribution in [3.63, 3.8) is 0 Å². The van der Waals surface area contributed by atoms with Crippen LogP contribution >= 0.6 is 0 Å². The van der Waals surface area contributed by atoms with Crippen molar-refractivity contribution in [2.75, 3.05) is 46.2 Å². The third-order valence-electron chi connectivity index (χ3n) is 7.69. The van der Waals surface area contributed by atoms with E-state index in [2.05, 4.69) is 48.6 Å². The van der Waals surface area contributed by atoms with E-state index in [4.69, 9.17) is 18.9 Å². The predicted octanol–water partition coefficient (Wildman–Crippen LogP) is 7.93. The summed E-state index contributed by atoms with van der Waals surface area (Å²) in [6.45, 7) is 5.69. The van der Waals surface area contributed by atoms with Gasteiger partial charge >= 0.3 is 6.09 Å². The van der Waals surface area contributed by atoms with Crippen molar-refractivity contribution in [2.45, 2.75) is 64.2 Å². The summed E-state index contributed by atoms with van der Waals surface area (Å²) in [5.74, 6) is 0.947. The summed E-state index contributed by atoms with van der Waals surface area (Å²) in [6, 6.07) is 25.1. The standard InChI is InChI=1S/C36H47NO5/c1-2-3-4-5-6-7-13-29-18-20-30(21-19-29)41-27-26-40-25-24-39-23-12-22-37-36(38)42-28-35-33-16-10-8-14-31(33)32-15-9-11-17-34(32)35/h8-11,14-21,35H,2-7,12-13,22-28H2,1H3,(H,37,38). The zero-order valence-electron chi connectivity index (χ0n) is 25.2. The minimum atomic E-state index is -0.396. The molecule has 1 aliphatic carbocycles. The van der Waals surface area contributed by atoms with E-state index in [1.165, 1.54) is 66.3 Å². The van der Waals surface area contributed by atoms with Gasteiger partial charge in [0.2, 0.25) is 0 Å². The second-order valence-corrected chi connectivity index (χ2v) is 10.8. The Morgan fingerprint density at radius 3 is 2.02 bits per heavy atom. The first-order valence-corrected chi connectivity index (χ1v) is 15.7. The fourth-order valence-corrected chi connectivity index (χ4v) is 5.42. The normalized spacial score (nSPS) is 12.1. The molecular formula is C36H47NO5. The van der Waals surface area contributed by atoms with Gasteiger partial charge in [-0.1, -0.05) is 99.7 Å². The Kier molecular flexibility index (Phi) is 13.7. The molecule has 0 atom stereocenters. The molecule has 0 aromatic heterocycles. The molecule has 0 fully saturated rings. The van der Waals surface area contributed by atoms with Crippen LogP contribution < -0.4 is 10.1 Å². The monoisotopic (exact) mass is 573 g/mol. The molecule has 1 N–H and O–H groups in total. The summed E-state index contributed by atoms with van der Waals surface area (Å²) in [5.41, 5.74) is 6.24. The Morgan fingerprint density at radius 1 is 0.690 bits per heavy atom. The highest BCUT2D eigenvalue weighted by Gasteiger charge is 2.28. The van der Waals surface area contributed by atoms with Crippen LogP contribution in [0, 0.1) is 0 Å². The number of ether oxygens (including phenoxy) is 4. The largest absolute Gasteiger partial charge is 0.491 e. The van der Waals surface area contributed by atoms with Gasteiger partial charge in [0.05, 0.1) is 19.8 Å². The van der Waals surface area contributed by atoms with Crippen molar-refractivity contribution < 1.29 is 23.7 Å². The maximum atomic E-state index is 12.3. The molecule has 0 saturated carbocycles. The number of amides is 1. The molecule has 0 unspecified atom stereocenters. The molecular weight excluding hydrogens is 526 g/mol. The molecule has 3 aromatic carbocycles. The molecule has 226 valence electrons. The predicted molar refractivity (Wildman–Crippen MR) is 168 cm³/mol. The number of carbonyl (C=O) groups is 1. The zero-order chi connectivity index (χ0) is 29.2. The summed E-state index contributed by atoms with van der Waals surface area (Å²) in [6.07, 6.45) is 9.39. The van der Waals surface area contributed by atoms with Crippen LogP contribution in [-0.4, -0.2) is 52.3 Å². The van der Waals surface area contributed by atoms with Gasteiger partial charge in [0.1, 0.15) is 19.0 Å². The van der Waals surface area contributed by atoms with Gasteiger partial charge in [-0.25, -0.2) is 4.79 Å². The molecule has 42 heavy (non-hydrogen) atoms. The molecule has 6 heteroatoms. The third kappa shape index (κ3) is 10.2. The highest BCUT2D eigenvalue weighted by Crippen LogP contribution is 2.44. The molecule has 4 rings (SSSR count). The average Bonchev–Trinajstić information content (AvgIpc) is 3.34. The van der Waals surface area contributed by atoms with E-state index >= 15 is 0 Å². The Balaban J connectivity index is 0.964. The molecule has 0 aliphatic heterocycles. The SMILES string of the molecule is CCCCCCCCc1ccc(OCCOCCOCCCNC(=O)OCC2c3ccccc3-c3ccccc32)cc1. The van der Waals surface area contributed by atoms with Crippen molar-refractivity contribution in [2.24, 2.45) is 0 Å². The number of rotatable bonds is 20. The van der Waals surface area contributed by atoms with Crippen LogP contribution in [0.15, 0.2) is 72.8 Å². The molecule has 0 heterocycles. The third-order valence-corrected chi connectivity index (χ3v) is 7.69. The van der Waals surface area contributed by atoms with Crippen LogP contribution in [0.4, 0.5) is 4.79 Å². The van der Waals surface area contributed by atoms with E-state index in [0.29, 0.717) is 52.6 Å². The lowest BCUT2D eigenvalue weighted by molar-refractivity contribution is 0.0357. The van der Waals surface area contributed by atoms with Gasteiger partial charge in [-0.15, -0.1) is 0 Å². The van der Waals surface area contributed by atoms with Gasteiger partial charge < -0.3 is 24.3 Å². The molecule has 3 aromatic rings. The van der Waals surface area contributed by atoms with Crippen molar-refractivity contribution in [3.8, 4) is 16.9 Å². The Labute approximate surface area is 251 Å². The number of aryl methyl sites for hydroxylation is 1. The van der Waals surface area contributed by atoms with E-state index in [0.717, 1.165) is 12.2 Å². The quantitative estimate of drug-likeness (QED) is 0.139. The first-order chi connectivity index (χ1) is 20.8. The highest BCUT2D eigenvalue weighted by molar-refractivity contribution is 5.79. The number of fused-ring (bicyclic) bond motifs is 3. The van der Waals surface area contributed by atoms with Gasteiger partial charge in [-0.2, -0.15) is 0 Å². The van der Waals surface area contributed by atoms with Crippen molar-refractivity contribution in [1.29, 1.82) is 0 Å². The van der Waals surface area contributed by atoms with Crippen molar-refractivity contribution in [1.82, 2.24) is 5.32 Å². The summed E-state index contributed by atoms with van der Waals surface area (Å²) >= 11 is 0. The van der Waals surface area contributed by atoms with Crippen LogP contribution in [0.3, 0.4) is 0 Å². The molecule has 1 amide bonds. The number of hydrogen-bond donors (Lipinski definition) is 1. The molecule has 0 saturated heterocycles. The van der Waals surface area contributed by atoms with E-state index in [1.54, 1.807) is 0 Å². The number of carbonyl (C=O) groups excluding carboxylic acids is 1.